The number of hydrogen-bond acceptors (Lipinski definition) is 4. The number of Topliss-reactive ketones (excluding diaryl/α,β-unsaturated/α-hetero) is 1. The molecule has 0 bridgehead atoms. The number of rotatable bonds is 5. The fourth-order valence-corrected chi connectivity index (χ4v) is 4.17. The molecule has 5 heteroatoms. The van der Waals surface area contributed by atoms with Gasteiger partial charge in [-0.05, 0) is 37.6 Å². The minimum Gasteiger partial charge on any atom is -0.486 e. The molecule has 0 unspecified atom stereocenters. The number of hydrogen-bond donors (Lipinski definition) is 0. The summed E-state index contributed by atoms with van der Waals surface area (Å²) in [4.78, 5) is 29.4. The molecule has 0 amide bonds. The zero-order valence-corrected chi connectivity index (χ0v) is 15.9. The zero-order valence-electron chi connectivity index (χ0n) is 15.9. The van der Waals surface area contributed by atoms with Crippen LogP contribution >= 0.6 is 0 Å². The molecule has 0 saturated carbocycles. The van der Waals surface area contributed by atoms with Crippen LogP contribution in [0.2, 0.25) is 0 Å². The smallest absolute Gasteiger partial charge is 0.263 e. The maximum atomic E-state index is 13.4. The number of pyridine rings is 2. The predicted molar refractivity (Wildman–Crippen MR) is 115 cm³/mol. The van der Waals surface area contributed by atoms with Gasteiger partial charge in [0.05, 0.1) is 16.6 Å². The van der Waals surface area contributed by atoms with Crippen molar-refractivity contribution in [1.82, 2.24) is 9.38 Å². The number of allylic oxidation sites excluding steroid dienone is 1. The third kappa shape index (κ3) is 2.44. The summed E-state index contributed by atoms with van der Waals surface area (Å²) in [6.45, 7) is 5.37. The summed E-state index contributed by atoms with van der Waals surface area (Å²) < 4.78 is 7.53. The van der Waals surface area contributed by atoms with E-state index in [9.17, 15) is 9.59 Å². The summed E-state index contributed by atoms with van der Waals surface area (Å²) in [7, 11) is 0. The molecule has 5 rings (SSSR count). The Morgan fingerprint density at radius 3 is 2.69 bits per heavy atom. The molecule has 5 aromatic rings. The average Bonchev–Trinajstić information content (AvgIpc) is 3.07. The second kappa shape index (κ2) is 6.41. The molecule has 3 aromatic heterocycles. The van der Waals surface area contributed by atoms with E-state index in [1.807, 2.05) is 42.5 Å². The van der Waals surface area contributed by atoms with Gasteiger partial charge in [0.2, 0.25) is 0 Å². The Kier molecular flexibility index (Phi) is 3.84. The van der Waals surface area contributed by atoms with Crippen molar-refractivity contribution >= 4 is 43.9 Å². The third-order valence-electron chi connectivity index (χ3n) is 5.30. The Morgan fingerprint density at radius 2 is 1.93 bits per heavy atom. The Balaban J connectivity index is 2.00. The summed E-state index contributed by atoms with van der Waals surface area (Å²) in [6.07, 6.45) is 4.13. The van der Waals surface area contributed by atoms with Crippen molar-refractivity contribution in [3.05, 3.63) is 77.2 Å². The topological polar surface area (TPSA) is 60.7 Å². The van der Waals surface area contributed by atoms with Gasteiger partial charge < -0.3 is 4.74 Å². The van der Waals surface area contributed by atoms with E-state index in [1.54, 1.807) is 16.7 Å². The molecule has 0 N–H and O–H groups in total. The highest BCUT2D eigenvalue weighted by molar-refractivity contribution is 6.19. The molecule has 5 nitrogen and oxygen atoms in total. The van der Waals surface area contributed by atoms with Crippen LogP contribution in [0.15, 0.2) is 66.1 Å². The Bertz CT molecular complexity index is 1500. The van der Waals surface area contributed by atoms with Crippen LogP contribution in [0.25, 0.3) is 38.1 Å². The standard InChI is InChI=1S/C24H18N2O3/c1-3-6-17-20(29-13-14(2)27)10-9-19-21(17)18-11-12-25-22-15-7-4-5-8-16(15)24(28)26(19)23(18)22/h3-5,7-12H,1,6,13H2,2H3. The van der Waals surface area contributed by atoms with Crippen molar-refractivity contribution in [3.63, 3.8) is 0 Å². The van der Waals surface area contributed by atoms with Gasteiger partial charge in [0.15, 0.2) is 5.78 Å². The van der Waals surface area contributed by atoms with Gasteiger partial charge in [-0.25, -0.2) is 0 Å². The Morgan fingerprint density at radius 1 is 1.14 bits per heavy atom. The first kappa shape index (κ1) is 17.4. The van der Waals surface area contributed by atoms with Crippen molar-refractivity contribution in [3.8, 4) is 5.75 Å². The van der Waals surface area contributed by atoms with Gasteiger partial charge in [0.25, 0.3) is 5.56 Å². The van der Waals surface area contributed by atoms with E-state index in [1.165, 1.54) is 6.92 Å². The zero-order chi connectivity index (χ0) is 20.1. The summed E-state index contributed by atoms with van der Waals surface area (Å²) in [5, 5.41) is 3.36. The highest BCUT2D eigenvalue weighted by Crippen LogP contribution is 2.38. The molecule has 29 heavy (non-hydrogen) atoms. The maximum Gasteiger partial charge on any atom is 0.263 e. The van der Waals surface area contributed by atoms with Crippen LogP contribution in [0.1, 0.15) is 12.5 Å². The maximum absolute atomic E-state index is 13.4. The summed E-state index contributed by atoms with van der Waals surface area (Å²) in [5.41, 5.74) is 3.26. The fraction of sp³-hybridized carbons (Fsp3) is 0.125. The summed E-state index contributed by atoms with van der Waals surface area (Å²) in [6, 6.07) is 13.2. The molecule has 0 atom stereocenters. The van der Waals surface area contributed by atoms with E-state index in [0.29, 0.717) is 17.6 Å². The third-order valence-corrected chi connectivity index (χ3v) is 5.30. The molecule has 0 fully saturated rings. The average molecular weight is 382 g/mol. The van der Waals surface area contributed by atoms with Crippen LogP contribution in [0, 0.1) is 0 Å². The number of fused-ring (bicyclic) bond motifs is 5. The SMILES string of the molecule is C=CCc1c(OCC(C)=O)ccc2c1c1ccnc3c4ccccc4c(=O)n2c13. The predicted octanol–water partition coefficient (Wildman–Crippen LogP) is 4.29. The Hall–Kier alpha value is -3.73. The first-order valence-corrected chi connectivity index (χ1v) is 9.44. The number of carbonyl (C=O) groups is 1. The van der Waals surface area contributed by atoms with Crippen LogP contribution in [-0.2, 0) is 11.2 Å². The molecule has 0 aliphatic carbocycles. The molecular weight excluding hydrogens is 364 g/mol. The highest BCUT2D eigenvalue weighted by atomic mass is 16.5. The van der Waals surface area contributed by atoms with Gasteiger partial charge in [-0.15, -0.1) is 6.58 Å². The lowest BCUT2D eigenvalue weighted by Crippen LogP contribution is -2.13. The van der Waals surface area contributed by atoms with Gasteiger partial charge in [-0.2, -0.15) is 0 Å². The number of ketones is 1. The minimum absolute atomic E-state index is 0.00542. The van der Waals surface area contributed by atoms with Crippen molar-refractivity contribution in [1.29, 1.82) is 0 Å². The van der Waals surface area contributed by atoms with Gasteiger partial charge >= 0.3 is 0 Å². The van der Waals surface area contributed by atoms with E-state index >= 15 is 0 Å². The van der Waals surface area contributed by atoms with Gasteiger partial charge in [0, 0.05) is 33.3 Å². The molecule has 0 spiro atoms. The van der Waals surface area contributed by atoms with Gasteiger partial charge in [-0.1, -0.05) is 24.3 Å². The van der Waals surface area contributed by atoms with E-state index < -0.39 is 0 Å². The highest BCUT2D eigenvalue weighted by Gasteiger charge is 2.21. The molecule has 0 radical (unpaired) electrons. The molecule has 2 aromatic carbocycles. The second-order valence-corrected chi connectivity index (χ2v) is 7.16. The van der Waals surface area contributed by atoms with Crippen LogP contribution in [0.4, 0.5) is 0 Å². The van der Waals surface area contributed by atoms with E-state index in [4.69, 9.17) is 4.74 Å². The lowest BCUT2D eigenvalue weighted by atomic mass is 10.0. The van der Waals surface area contributed by atoms with Gasteiger partial charge in [-0.3, -0.25) is 19.0 Å². The molecule has 3 heterocycles. The van der Waals surface area contributed by atoms with E-state index in [0.717, 1.165) is 38.3 Å². The number of benzene rings is 2. The lowest BCUT2D eigenvalue weighted by molar-refractivity contribution is -0.118. The summed E-state index contributed by atoms with van der Waals surface area (Å²) in [5.74, 6) is 0.585. The molecular formula is C24H18N2O3. The number of nitrogens with zero attached hydrogens (tertiary/aromatic N) is 2. The number of carbonyl (C=O) groups excluding carboxylic acids is 1. The minimum atomic E-state index is -0.0666. The first-order chi connectivity index (χ1) is 14.1. The van der Waals surface area contributed by atoms with Crippen molar-refractivity contribution in [2.75, 3.05) is 6.61 Å². The first-order valence-electron chi connectivity index (χ1n) is 9.44. The summed E-state index contributed by atoms with van der Waals surface area (Å²) >= 11 is 0. The van der Waals surface area contributed by atoms with Crippen LogP contribution in [0.5, 0.6) is 5.75 Å². The Labute approximate surface area is 166 Å². The molecule has 142 valence electrons. The van der Waals surface area contributed by atoms with Crippen molar-refractivity contribution < 1.29 is 9.53 Å². The largest absolute Gasteiger partial charge is 0.486 e. The van der Waals surface area contributed by atoms with Crippen molar-refractivity contribution in [2.45, 2.75) is 13.3 Å². The monoisotopic (exact) mass is 382 g/mol. The molecule has 0 saturated heterocycles. The van der Waals surface area contributed by atoms with Gasteiger partial charge in [0.1, 0.15) is 12.4 Å². The van der Waals surface area contributed by atoms with E-state index in [2.05, 4.69) is 11.6 Å². The fourth-order valence-electron chi connectivity index (χ4n) is 4.17. The van der Waals surface area contributed by atoms with Crippen LogP contribution in [-0.4, -0.2) is 21.8 Å². The van der Waals surface area contributed by atoms with Crippen molar-refractivity contribution in [2.24, 2.45) is 0 Å². The quantitative estimate of drug-likeness (QED) is 0.336. The number of aromatic nitrogens is 2. The van der Waals surface area contributed by atoms with Crippen LogP contribution in [0.3, 0.4) is 0 Å². The number of ether oxygens (including phenoxy) is 1. The lowest BCUT2D eigenvalue weighted by Gasteiger charge is -2.11. The molecule has 0 aliphatic heterocycles. The molecule has 0 aliphatic rings. The van der Waals surface area contributed by atoms with E-state index in [-0.39, 0.29) is 17.9 Å². The normalized spacial score (nSPS) is 11.6. The second-order valence-electron chi connectivity index (χ2n) is 7.16. The van der Waals surface area contributed by atoms with Crippen LogP contribution < -0.4 is 10.3 Å².